The molecule has 1 aliphatic heterocycles. The number of hydrogen-bond donors (Lipinski definition) is 1. The average Bonchev–Trinajstić information content (AvgIpc) is 2.65. The molecule has 0 radical (unpaired) electrons. The molecule has 2 aromatic carbocycles. The van der Waals surface area contributed by atoms with E-state index in [4.69, 9.17) is 0 Å². The van der Waals surface area contributed by atoms with Crippen LogP contribution in [0.4, 0.5) is 15.8 Å². The standard InChI is InChI=1S/C20H22BrFN2O/c21-18(14-15-6-2-3-7-19(15)22)20(25)23-16-8-10-17(11-9-16)24-12-4-1-5-13-24/h2-3,6-11,18H,1,4-5,12-14H2,(H,23,25). The third kappa shape index (κ3) is 4.82. The molecule has 0 aromatic heterocycles. The first-order valence-corrected chi connectivity index (χ1v) is 9.58. The van der Waals surface area contributed by atoms with Crippen molar-refractivity contribution in [1.29, 1.82) is 0 Å². The Hall–Kier alpha value is -1.88. The second-order valence-corrected chi connectivity index (χ2v) is 7.45. The maximum absolute atomic E-state index is 13.7. The van der Waals surface area contributed by atoms with Crippen LogP contribution in [0.2, 0.25) is 0 Å². The number of carbonyl (C=O) groups excluding carboxylic acids is 1. The Balaban J connectivity index is 1.57. The van der Waals surface area contributed by atoms with Crippen LogP contribution in [-0.2, 0) is 11.2 Å². The largest absolute Gasteiger partial charge is 0.372 e. The first kappa shape index (κ1) is 17.9. The zero-order valence-corrected chi connectivity index (χ0v) is 15.6. The zero-order chi connectivity index (χ0) is 17.6. The Morgan fingerprint density at radius 1 is 1.08 bits per heavy atom. The molecule has 1 unspecified atom stereocenters. The number of rotatable bonds is 5. The number of amides is 1. The molecule has 0 aliphatic carbocycles. The van der Waals surface area contributed by atoms with Crippen LogP contribution in [0, 0.1) is 5.82 Å². The van der Waals surface area contributed by atoms with Gasteiger partial charge in [0.1, 0.15) is 5.82 Å². The number of carbonyl (C=O) groups is 1. The van der Waals surface area contributed by atoms with E-state index in [2.05, 4.69) is 26.1 Å². The van der Waals surface area contributed by atoms with Crippen molar-refractivity contribution in [2.75, 3.05) is 23.3 Å². The van der Waals surface area contributed by atoms with Gasteiger partial charge in [0.15, 0.2) is 0 Å². The Morgan fingerprint density at radius 2 is 1.76 bits per heavy atom. The van der Waals surface area contributed by atoms with Crippen molar-refractivity contribution >= 4 is 33.2 Å². The summed E-state index contributed by atoms with van der Waals surface area (Å²) in [6, 6.07) is 14.5. The lowest BCUT2D eigenvalue weighted by molar-refractivity contribution is -0.115. The van der Waals surface area contributed by atoms with Gasteiger partial charge in [-0.05, 0) is 61.6 Å². The van der Waals surface area contributed by atoms with E-state index in [0.29, 0.717) is 12.0 Å². The van der Waals surface area contributed by atoms with Gasteiger partial charge in [0.05, 0.1) is 4.83 Å². The van der Waals surface area contributed by atoms with Crippen molar-refractivity contribution in [3.8, 4) is 0 Å². The van der Waals surface area contributed by atoms with Gasteiger partial charge in [0.2, 0.25) is 5.91 Å². The maximum Gasteiger partial charge on any atom is 0.238 e. The van der Waals surface area contributed by atoms with E-state index in [1.807, 2.05) is 24.3 Å². The first-order chi connectivity index (χ1) is 12.1. The van der Waals surface area contributed by atoms with Crippen LogP contribution >= 0.6 is 15.9 Å². The van der Waals surface area contributed by atoms with E-state index in [1.165, 1.54) is 31.0 Å². The van der Waals surface area contributed by atoms with E-state index in [1.54, 1.807) is 18.2 Å². The highest BCUT2D eigenvalue weighted by molar-refractivity contribution is 9.10. The van der Waals surface area contributed by atoms with Crippen molar-refractivity contribution in [3.05, 3.63) is 59.9 Å². The second-order valence-electron chi connectivity index (χ2n) is 6.35. The molecule has 1 saturated heterocycles. The predicted molar refractivity (Wildman–Crippen MR) is 104 cm³/mol. The topological polar surface area (TPSA) is 32.3 Å². The number of halogens is 2. The Kier molecular flexibility index (Phi) is 6.08. The molecule has 1 fully saturated rings. The fourth-order valence-electron chi connectivity index (χ4n) is 3.08. The molecule has 3 rings (SSSR count). The molecule has 1 aliphatic rings. The number of benzene rings is 2. The lowest BCUT2D eigenvalue weighted by Crippen LogP contribution is -2.29. The Labute approximate surface area is 156 Å². The second kappa shape index (κ2) is 8.48. The minimum Gasteiger partial charge on any atom is -0.372 e. The van der Waals surface area contributed by atoms with Gasteiger partial charge < -0.3 is 10.2 Å². The van der Waals surface area contributed by atoms with Crippen molar-refractivity contribution < 1.29 is 9.18 Å². The van der Waals surface area contributed by atoms with Crippen LogP contribution in [0.25, 0.3) is 0 Å². The van der Waals surface area contributed by atoms with Crippen molar-refractivity contribution in [3.63, 3.8) is 0 Å². The van der Waals surface area contributed by atoms with Crippen molar-refractivity contribution in [2.24, 2.45) is 0 Å². The first-order valence-electron chi connectivity index (χ1n) is 8.67. The molecule has 1 atom stereocenters. The summed E-state index contributed by atoms with van der Waals surface area (Å²) in [5.41, 5.74) is 2.48. The van der Waals surface area contributed by atoms with Gasteiger partial charge in [-0.25, -0.2) is 4.39 Å². The molecule has 1 N–H and O–H groups in total. The summed E-state index contributed by atoms with van der Waals surface area (Å²) in [6.07, 6.45) is 4.09. The summed E-state index contributed by atoms with van der Waals surface area (Å²) in [5, 5.41) is 2.88. The fraction of sp³-hybridized carbons (Fsp3) is 0.350. The number of nitrogens with zero attached hydrogens (tertiary/aromatic N) is 1. The number of alkyl halides is 1. The average molecular weight is 405 g/mol. The lowest BCUT2D eigenvalue weighted by Gasteiger charge is -2.28. The van der Waals surface area contributed by atoms with Gasteiger partial charge in [-0.3, -0.25) is 4.79 Å². The molecular formula is C20H22BrFN2O. The smallest absolute Gasteiger partial charge is 0.238 e. The molecule has 1 amide bonds. The highest BCUT2D eigenvalue weighted by Crippen LogP contribution is 2.22. The number of hydrogen-bond acceptors (Lipinski definition) is 2. The third-order valence-electron chi connectivity index (χ3n) is 4.50. The quantitative estimate of drug-likeness (QED) is 0.728. The summed E-state index contributed by atoms with van der Waals surface area (Å²) < 4.78 is 13.7. The highest BCUT2D eigenvalue weighted by Gasteiger charge is 2.17. The van der Waals surface area contributed by atoms with Crippen LogP contribution in [0.5, 0.6) is 0 Å². The van der Waals surface area contributed by atoms with E-state index in [9.17, 15) is 9.18 Å². The molecule has 0 bridgehead atoms. The molecule has 0 saturated carbocycles. The van der Waals surface area contributed by atoms with Gasteiger partial charge in [0.25, 0.3) is 0 Å². The zero-order valence-electron chi connectivity index (χ0n) is 14.1. The van der Waals surface area contributed by atoms with Gasteiger partial charge in [-0.2, -0.15) is 0 Å². The summed E-state index contributed by atoms with van der Waals surface area (Å²) in [6.45, 7) is 2.19. The Morgan fingerprint density at radius 3 is 2.44 bits per heavy atom. The highest BCUT2D eigenvalue weighted by atomic mass is 79.9. The van der Waals surface area contributed by atoms with Crippen molar-refractivity contribution in [2.45, 2.75) is 30.5 Å². The van der Waals surface area contributed by atoms with Gasteiger partial charge in [-0.15, -0.1) is 0 Å². The summed E-state index contributed by atoms with van der Waals surface area (Å²) in [4.78, 5) is 14.2. The van der Waals surface area contributed by atoms with Crippen LogP contribution < -0.4 is 10.2 Å². The van der Waals surface area contributed by atoms with E-state index < -0.39 is 4.83 Å². The van der Waals surface area contributed by atoms with Crippen LogP contribution in [0.15, 0.2) is 48.5 Å². The van der Waals surface area contributed by atoms with E-state index in [0.717, 1.165) is 18.8 Å². The SMILES string of the molecule is O=C(Nc1ccc(N2CCCCC2)cc1)C(Br)Cc1ccccc1F. The molecule has 25 heavy (non-hydrogen) atoms. The van der Waals surface area contributed by atoms with Gasteiger partial charge in [0, 0.05) is 24.5 Å². The van der Waals surface area contributed by atoms with Crippen LogP contribution in [0.3, 0.4) is 0 Å². The van der Waals surface area contributed by atoms with Gasteiger partial charge >= 0.3 is 0 Å². The molecule has 3 nitrogen and oxygen atoms in total. The summed E-state index contributed by atoms with van der Waals surface area (Å²) >= 11 is 3.36. The number of nitrogens with one attached hydrogen (secondary N) is 1. The van der Waals surface area contributed by atoms with Gasteiger partial charge in [-0.1, -0.05) is 34.1 Å². The third-order valence-corrected chi connectivity index (χ3v) is 5.24. The monoisotopic (exact) mass is 404 g/mol. The van der Waals surface area contributed by atoms with Crippen LogP contribution in [0.1, 0.15) is 24.8 Å². The number of piperidine rings is 1. The minimum atomic E-state index is -0.480. The molecule has 132 valence electrons. The lowest BCUT2D eigenvalue weighted by atomic mass is 10.1. The number of anilines is 2. The molecular weight excluding hydrogens is 383 g/mol. The predicted octanol–water partition coefficient (Wildman–Crippen LogP) is 4.76. The fourth-order valence-corrected chi connectivity index (χ4v) is 3.54. The minimum absolute atomic E-state index is 0.172. The molecule has 5 heteroatoms. The van der Waals surface area contributed by atoms with E-state index in [-0.39, 0.29) is 11.7 Å². The van der Waals surface area contributed by atoms with Crippen molar-refractivity contribution in [1.82, 2.24) is 0 Å². The summed E-state index contributed by atoms with van der Waals surface area (Å²) in [5.74, 6) is -0.459. The van der Waals surface area contributed by atoms with Crippen LogP contribution in [-0.4, -0.2) is 23.8 Å². The normalized spacial score (nSPS) is 15.7. The molecule has 0 spiro atoms. The Bertz CT molecular complexity index is 714. The molecule has 2 aromatic rings. The molecule has 1 heterocycles. The summed E-state index contributed by atoms with van der Waals surface area (Å²) in [7, 11) is 0. The van der Waals surface area contributed by atoms with E-state index >= 15 is 0 Å². The maximum atomic E-state index is 13.7.